The number of hydrogen-bond donors (Lipinski definition) is 1. The molecule has 1 aliphatic carbocycles. The lowest BCUT2D eigenvalue weighted by atomic mass is 10.3. The molecule has 1 amide bonds. The Morgan fingerprint density at radius 3 is 2.82 bits per heavy atom. The Hall–Kier alpha value is -1.92. The summed E-state index contributed by atoms with van der Waals surface area (Å²) in [6, 6.07) is -0.250. The third-order valence-corrected chi connectivity index (χ3v) is 2.89. The van der Waals surface area contributed by atoms with Crippen molar-refractivity contribution in [1.82, 2.24) is 15.1 Å². The molecule has 1 atom stereocenters. The Morgan fingerprint density at radius 2 is 2.35 bits per heavy atom. The van der Waals surface area contributed by atoms with Crippen molar-refractivity contribution in [2.75, 3.05) is 0 Å². The monoisotopic (exact) mass is 238 g/mol. The first-order chi connectivity index (χ1) is 8.00. The average molecular weight is 238 g/mol. The van der Waals surface area contributed by atoms with E-state index in [0.717, 1.165) is 12.8 Å². The Balaban J connectivity index is 2.15. The van der Waals surface area contributed by atoms with E-state index >= 15 is 0 Å². The van der Waals surface area contributed by atoms with Crippen molar-refractivity contribution in [3.8, 4) is 0 Å². The van der Waals surface area contributed by atoms with Gasteiger partial charge < -0.3 is 5.32 Å². The van der Waals surface area contributed by atoms with Gasteiger partial charge in [-0.3, -0.25) is 19.6 Å². The molecule has 0 saturated heterocycles. The molecule has 1 aliphatic rings. The van der Waals surface area contributed by atoms with Gasteiger partial charge in [0.1, 0.15) is 17.9 Å². The SMILES string of the molecule is Cc1c([N+](=O)[O-])cnn1C(C)C(=O)NC1CC1. The van der Waals surface area contributed by atoms with Gasteiger partial charge in [-0.25, -0.2) is 0 Å². The highest BCUT2D eigenvalue weighted by Gasteiger charge is 2.28. The molecule has 1 aromatic heterocycles. The van der Waals surface area contributed by atoms with Gasteiger partial charge in [0.15, 0.2) is 0 Å². The van der Waals surface area contributed by atoms with Crippen molar-refractivity contribution in [3.05, 3.63) is 22.0 Å². The summed E-state index contributed by atoms with van der Waals surface area (Å²) in [6.45, 7) is 3.27. The number of nitro groups is 1. The number of carbonyl (C=O) groups excluding carboxylic acids is 1. The Kier molecular flexibility index (Phi) is 2.83. The van der Waals surface area contributed by atoms with Crippen LogP contribution in [0.5, 0.6) is 0 Å². The lowest BCUT2D eigenvalue weighted by molar-refractivity contribution is -0.385. The summed E-state index contributed by atoms with van der Waals surface area (Å²) in [7, 11) is 0. The van der Waals surface area contributed by atoms with Crippen LogP contribution in [0.15, 0.2) is 6.20 Å². The quantitative estimate of drug-likeness (QED) is 0.624. The van der Waals surface area contributed by atoms with Crippen LogP contribution in [0, 0.1) is 17.0 Å². The van der Waals surface area contributed by atoms with Crippen LogP contribution < -0.4 is 5.32 Å². The van der Waals surface area contributed by atoms with Crippen LogP contribution in [0.25, 0.3) is 0 Å². The Labute approximate surface area is 98.0 Å². The molecule has 0 aromatic carbocycles. The molecule has 0 radical (unpaired) electrons. The third kappa shape index (κ3) is 2.27. The van der Waals surface area contributed by atoms with Crippen molar-refractivity contribution in [3.63, 3.8) is 0 Å². The normalized spacial score (nSPS) is 16.6. The van der Waals surface area contributed by atoms with E-state index < -0.39 is 11.0 Å². The van der Waals surface area contributed by atoms with Crippen molar-refractivity contribution >= 4 is 11.6 Å². The van der Waals surface area contributed by atoms with Gasteiger partial charge in [0.05, 0.1) is 4.92 Å². The third-order valence-electron chi connectivity index (χ3n) is 2.89. The Bertz CT molecular complexity index is 464. The lowest BCUT2D eigenvalue weighted by Crippen LogP contribution is -2.33. The lowest BCUT2D eigenvalue weighted by Gasteiger charge is -2.13. The zero-order chi connectivity index (χ0) is 12.6. The van der Waals surface area contributed by atoms with Gasteiger partial charge in [-0.05, 0) is 26.7 Å². The predicted octanol–water partition coefficient (Wildman–Crippen LogP) is 0.939. The molecule has 1 fully saturated rings. The first-order valence-corrected chi connectivity index (χ1v) is 5.49. The summed E-state index contributed by atoms with van der Waals surface area (Å²) in [5.41, 5.74) is 0.338. The van der Waals surface area contributed by atoms with E-state index in [1.54, 1.807) is 13.8 Å². The molecule has 7 nitrogen and oxygen atoms in total. The van der Waals surface area contributed by atoms with Gasteiger partial charge in [-0.15, -0.1) is 0 Å². The standard InChI is InChI=1S/C10H14N4O3/c1-6-9(14(16)17)5-11-13(6)7(2)10(15)12-8-3-4-8/h5,7-8H,3-4H2,1-2H3,(H,12,15). The number of aromatic nitrogens is 2. The molecule has 0 aliphatic heterocycles. The van der Waals surface area contributed by atoms with Gasteiger partial charge in [0.2, 0.25) is 5.91 Å². The number of rotatable bonds is 4. The molecule has 17 heavy (non-hydrogen) atoms. The highest BCUT2D eigenvalue weighted by molar-refractivity contribution is 5.80. The average Bonchev–Trinajstić information content (AvgIpc) is 2.98. The second-order valence-electron chi connectivity index (χ2n) is 4.28. The highest BCUT2D eigenvalue weighted by atomic mass is 16.6. The maximum atomic E-state index is 11.8. The van der Waals surface area contributed by atoms with Crippen LogP contribution in [-0.2, 0) is 4.79 Å². The van der Waals surface area contributed by atoms with Crippen molar-refractivity contribution in [2.45, 2.75) is 38.8 Å². The van der Waals surface area contributed by atoms with Crippen molar-refractivity contribution in [2.24, 2.45) is 0 Å². The number of amides is 1. The van der Waals surface area contributed by atoms with Crippen molar-refractivity contribution < 1.29 is 9.72 Å². The van der Waals surface area contributed by atoms with Crippen LogP contribution in [0.4, 0.5) is 5.69 Å². The zero-order valence-electron chi connectivity index (χ0n) is 9.71. The summed E-state index contributed by atoms with van der Waals surface area (Å²) >= 11 is 0. The van der Waals surface area contributed by atoms with Crippen LogP contribution in [-0.4, -0.2) is 26.7 Å². The molecule has 1 aromatic rings. The minimum Gasteiger partial charge on any atom is -0.352 e. The summed E-state index contributed by atoms with van der Waals surface area (Å²) in [5, 5.41) is 17.4. The number of carbonyl (C=O) groups is 1. The summed E-state index contributed by atoms with van der Waals surface area (Å²) < 4.78 is 1.38. The van der Waals surface area contributed by atoms with E-state index in [1.165, 1.54) is 10.9 Å². The molecule has 1 N–H and O–H groups in total. The molecule has 7 heteroatoms. The predicted molar refractivity (Wildman–Crippen MR) is 59.5 cm³/mol. The van der Waals surface area contributed by atoms with Crippen LogP contribution in [0.3, 0.4) is 0 Å². The fraction of sp³-hybridized carbons (Fsp3) is 0.600. The maximum absolute atomic E-state index is 11.8. The van der Waals surface area contributed by atoms with Gasteiger partial charge in [0.25, 0.3) is 0 Å². The molecule has 2 rings (SSSR count). The Morgan fingerprint density at radius 1 is 1.71 bits per heavy atom. The van der Waals surface area contributed by atoms with Crippen molar-refractivity contribution in [1.29, 1.82) is 0 Å². The van der Waals surface area contributed by atoms with Crippen LogP contribution in [0.1, 0.15) is 31.5 Å². The highest BCUT2D eigenvalue weighted by Crippen LogP contribution is 2.22. The molecule has 1 saturated carbocycles. The number of nitrogens with one attached hydrogen (secondary N) is 1. The number of hydrogen-bond acceptors (Lipinski definition) is 4. The van der Waals surface area contributed by atoms with Gasteiger partial charge in [-0.1, -0.05) is 0 Å². The van der Waals surface area contributed by atoms with Gasteiger partial charge in [-0.2, -0.15) is 5.10 Å². The molecule has 0 spiro atoms. The maximum Gasteiger partial charge on any atom is 0.309 e. The fourth-order valence-corrected chi connectivity index (χ4v) is 1.64. The van der Waals surface area contributed by atoms with E-state index in [-0.39, 0.29) is 17.6 Å². The smallest absolute Gasteiger partial charge is 0.309 e. The summed E-state index contributed by atoms with van der Waals surface area (Å²) in [4.78, 5) is 22.0. The molecule has 0 bridgehead atoms. The second kappa shape index (κ2) is 4.15. The second-order valence-corrected chi connectivity index (χ2v) is 4.28. The van der Waals surface area contributed by atoms with Gasteiger partial charge >= 0.3 is 5.69 Å². The molecular formula is C10H14N4O3. The molecular weight excluding hydrogens is 224 g/mol. The van der Waals surface area contributed by atoms with E-state index in [1.807, 2.05) is 0 Å². The minimum absolute atomic E-state index is 0.0592. The van der Waals surface area contributed by atoms with Gasteiger partial charge in [0, 0.05) is 6.04 Å². The summed E-state index contributed by atoms with van der Waals surface area (Å²) in [6.07, 6.45) is 3.20. The first kappa shape index (κ1) is 11.6. The fourth-order valence-electron chi connectivity index (χ4n) is 1.64. The zero-order valence-corrected chi connectivity index (χ0v) is 9.71. The van der Waals surface area contributed by atoms with E-state index in [4.69, 9.17) is 0 Å². The molecule has 92 valence electrons. The minimum atomic E-state index is -0.524. The van der Waals surface area contributed by atoms with E-state index in [9.17, 15) is 14.9 Å². The van der Waals surface area contributed by atoms with E-state index in [0.29, 0.717) is 5.69 Å². The topological polar surface area (TPSA) is 90.1 Å². The van der Waals surface area contributed by atoms with Crippen LogP contribution in [0.2, 0.25) is 0 Å². The largest absolute Gasteiger partial charge is 0.352 e. The summed E-state index contributed by atoms with van der Waals surface area (Å²) in [5.74, 6) is -0.145. The first-order valence-electron chi connectivity index (χ1n) is 5.49. The number of nitrogens with zero attached hydrogens (tertiary/aromatic N) is 3. The van der Waals surface area contributed by atoms with Crippen LogP contribution >= 0.6 is 0 Å². The van der Waals surface area contributed by atoms with E-state index in [2.05, 4.69) is 10.4 Å². The molecule has 1 heterocycles. The molecule has 1 unspecified atom stereocenters.